The van der Waals surface area contributed by atoms with Crippen LogP contribution < -0.4 is 20.9 Å². The van der Waals surface area contributed by atoms with Crippen LogP contribution in [-0.2, 0) is 9.53 Å². The number of piperidine rings is 1. The Bertz CT molecular complexity index is 1090. The van der Waals surface area contributed by atoms with Crippen LogP contribution in [0.1, 0.15) is 53.9 Å². The molecule has 7 nitrogen and oxygen atoms in total. The van der Waals surface area contributed by atoms with Crippen molar-refractivity contribution in [3.8, 4) is 0 Å². The van der Waals surface area contributed by atoms with Gasteiger partial charge < -0.3 is 15.4 Å². The lowest BCUT2D eigenvalue weighted by Gasteiger charge is -2.46. The highest BCUT2D eigenvalue weighted by atomic mass is 32.2. The van der Waals surface area contributed by atoms with Crippen LogP contribution in [0.4, 0.5) is 21.9 Å². The van der Waals surface area contributed by atoms with Gasteiger partial charge in [-0.2, -0.15) is 0 Å². The summed E-state index contributed by atoms with van der Waals surface area (Å²) in [6.07, 6.45) is 1.89. The molecule has 0 aliphatic carbocycles. The van der Waals surface area contributed by atoms with Gasteiger partial charge in [-0.25, -0.2) is 4.79 Å². The third-order valence-corrected chi connectivity index (χ3v) is 7.39. The Balaban J connectivity index is 1.51. The molecule has 0 bridgehead atoms. The Morgan fingerprint density at radius 1 is 1.06 bits per heavy atom. The minimum atomic E-state index is -0.508. The predicted octanol–water partition coefficient (Wildman–Crippen LogP) is 5.67. The van der Waals surface area contributed by atoms with Crippen LogP contribution >= 0.6 is 11.8 Å². The second-order valence-electron chi connectivity index (χ2n) is 10.5. The van der Waals surface area contributed by atoms with E-state index in [1.807, 2.05) is 42.5 Å². The number of amides is 2. The maximum absolute atomic E-state index is 13.6. The van der Waals surface area contributed by atoms with Crippen molar-refractivity contribution in [1.29, 1.82) is 0 Å². The Kier molecular flexibility index (Phi) is 7.45. The first-order valence-electron chi connectivity index (χ1n) is 12.3. The van der Waals surface area contributed by atoms with E-state index in [4.69, 9.17) is 4.74 Å². The first kappa shape index (κ1) is 25.5. The van der Waals surface area contributed by atoms with Gasteiger partial charge in [-0.15, -0.1) is 0 Å². The van der Waals surface area contributed by atoms with Gasteiger partial charge in [0.25, 0.3) is 0 Å². The molecule has 35 heavy (non-hydrogen) atoms. The number of rotatable bonds is 6. The number of ether oxygens (including phenoxy) is 1. The van der Waals surface area contributed by atoms with Crippen molar-refractivity contribution in [2.45, 2.75) is 80.8 Å². The van der Waals surface area contributed by atoms with Crippen molar-refractivity contribution in [3.63, 3.8) is 0 Å². The molecule has 188 valence electrons. The molecule has 0 spiro atoms. The van der Waals surface area contributed by atoms with Gasteiger partial charge in [0.1, 0.15) is 0 Å². The zero-order valence-electron chi connectivity index (χ0n) is 21.2. The van der Waals surface area contributed by atoms with Gasteiger partial charge in [0, 0.05) is 45.6 Å². The fraction of sp³-hybridized carbons (Fsp3) is 0.481. The molecule has 4 rings (SSSR count). The number of hydrogen-bond donors (Lipinski definition) is 3. The first-order valence-corrected chi connectivity index (χ1v) is 13.1. The number of fused-ring (bicyclic) bond motifs is 2. The number of carbonyl (C=O) groups excluding carboxylic acids is 2. The summed E-state index contributed by atoms with van der Waals surface area (Å²) in [5.74, 6) is 0.0206. The molecule has 2 aromatic rings. The highest BCUT2D eigenvalue weighted by Gasteiger charge is 2.37. The van der Waals surface area contributed by atoms with E-state index in [-0.39, 0.29) is 17.0 Å². The smallest absolute Gasteiger partial charge is 0.411 e. The van der Waals surface area contributed by atoms with Gasteiger partial charge >= 0.3 is 6.09 Å². The van der Waals surface area contributed by atoms with Crippen LogP contribution in [0, 0.1) is 0 Å². The molecule has 2 aliphatic rings. The summed E-state index contributed by atoms with van der Waals surface area (Å²) in [7, 11) is 0. The van der Waals surface area contributed by atoms with Crippen molar-refractivity contribution in [2.24, 2.45) is 0 Å². The summed E-state index contributed by atoms with van der Waals surface area (Å²) in [5, 5.41) is 10.1. The minimum Gasteiger partial charge on any atom is -0.450 e. The molecule has 0 atom stereocenters. The fourth-order valence-electron chi connectivity index (χ4n) is 5.35. The zero-order valence-corrected chi connectivity index (χ0v) is 22.1. The Morgan fingerprint density at radius 3 is 2.46 bits per heavy atom. The first-order chi connectivity index (χ1) is 16.6. The third-order valence-electron chi connectivity index (χ3n) is 6.26. The second kappa shape index (κ2) is 10.2. The molecule has 1 fully saturated rings. The SMILES string of the molecule is CCOC(=O)Nc1ccc2c(c1)N(C(=O)CCNC1CC(C)(C)NC(C)(C)C1)c1ccccc1S2. The summed E-state index contributed by atoms with van der Waals surface area (Å²) in [6.45, 7) is 11.6. The van der Waals surface area contributed by atoms with E-state index in [2.05, 4.69) is 43.6 Å². The minimum absolute atomic E-state index is 0.0206. The number of benzene rings is 2. The van der Waals surface area contributed by atoms with Gasteiger partial charge in [0.15, 0.2) is 0 Å². The normalized spacial score (nSPS) is 18.4. The fourth-order valence-corrected chi connectivity index (χ4v) is 6.39. The number of para-hydroxylation sites is 1. The molecule has 8 heteroatoms. The molecule has 2 amide bonds. The summed E-state index contributed by atoms with van der Waals surface area (Å²) >= 11 is 1.63. The highest BCUT2D eigenvalue weighted by Crippen LogP contribution is 2.49. The summed E-state index contributed by atoms with van der Waals surface area (Å²) in [5.41, 5.74) is 2.34. The van der Waals surface area contributed by atoms with Gasteiger partial charge in [0.2, 0.25) is 5.91 Å². The number of nitrogens with zero attached hydrogens (tertiary/aromatic N) is 1. The predicted molar refractivity (Wildman–Crippen MR) is 142 cm³/mol. The Morgan fingerprint density at radius 2 is 1.74 bits per heavy atom. The van der Waals surface area contributed by atoms with Crippen molar-refractivity contribution < 1.29 is 14.3 Å². The number of carbonyl (C=O) groups is 2. The molecule has 0 unspecified atom stereocenters. The van der Waals surface area contributed by atoms with E-state index in [1.165, 1.54) is 0 Å². The van der Waals surface area contributed by atoms with E-state index >= 15 is 0 Å². The van der Waals surface area contributed by atoms with E-state index in [0.717, 1.165) is 34.0 Å². The molecule has 0 radical (unpaired) electrons. The quantitative estimate of drug-likeness (QED) is 0.478. The lowest BCUT2D eigenvalue weighted by atomic mass is 9.79. The third kappa shape index (κ3) is 6.18. The van der Waals surface area contributed by atoms with Crippen molar-refractivity contribution >= 4 is 40.8 Å². The van der Waals surface area contributed by atoms with E-state index < -0.39 is 6.09 Å². The lowest BCUT2D eigenvalue weighted by Crippen LogP contribution is -2.61. The van der Waals surface area contributed by atoms with Crippen LogP contribution in [0.15, 0.2) is 52.3 Å². The largest absolute Gasteiger partial charge is 0.450 e. The molecule has 2 aliphatic heterocycles. The van der Waals surface area contributed by atoms with Gasteiger partial charge in [-0.1, -0.05) is 23.9 Å². The average Bonchev–Trinajstić information content (AvgIpc) is 2.75. The van der Waals surface area contributed by atoms with Crippen LogP contribution in [0.2, 0.25) is 0 Å². The molecule has 2 heterocycles. The van der Waals surface area contributed by atoms with Gasteiger partial charge in [-0.05, 0) is 77.8 Å². The molecule has 0 saturated carbocycles. The highest BCUT2D eigenvalue weighted by molar-refractivity contribution is 7.99. The van der Waals surface area contributed by atoms with Crippen LogP contribution in [-0.4, -0.2) is 42.3 Å². The van der Waals surface area contributed by atoms with Gasteiger partial charge in [0.05, 0.1) is 18.0 Å². The zero-order chi connectivity index (χ0) is 25.2. The Hall–Kier alpha value is -2.55. The van der Waals surface area contributed by atoms with E-state index in [9.17, 15) is 9.59 Å². The summed E-state index contributed by atoms with van der Waals surface area (Å²) in [4.78, 5) is 29.4. The standard InChI is InChI=1S/C27H36N4O3S/c1-6-34-25(33)29-18-11-12-23-21(15-18)31(20-9-7-8-10-22(20)35-23)24(32)13-14-28-19-16-26(2,3)30-27(4,5)17-19/h7-12,15,19,28,30H,6,13-14,16-17H2,1-5H3,(H,29,33). The van der Waals surface area contributed by atoms with Crippen LogP contribution in [0.3, 0.4) is 0 Å². The maximum Gasteiger partial charge on any atom is 0.411 e. The topological polar surface area (TPSA) is 82.7 Å². The molecular formula is C27H36N4O3S. The average molecular weight is 497 g/mol. The van der Waals surface area contributed by atoms with Crippen molar-refractivity contribution in [1.82, 2.24) is 10.6 Å². The number of hydrogen-bond acceptors (Lipinski definition) is 6. The number of anilines is 3. The van der Waals surface area contributed by atoms with Crippen LogP contribution in [0.5, 0.6) is 0 Å². The summed E-state index contributed by atoms with van der Waals surface area (Å²) in [6, 6.07) is 13.9. The Labute approximate surface area is 212 Å². The summed E-state index contributed by atoms with van der Waals surface area (Å²) < 4.78 is 5.01. The number of nitrogens with one attached hydrogen (secondary N) is 3. The monoisotopic (exact) mass is 496 g/mol. The van der Waals surface area contributed by atoms with Gasteiger partial charge in [-0.3, -0.25) is 15.0 Å². The van der Waals surface area contributed by atoms with Crippen LogP contribution in [0.25, 0.3) is 0 Å². The van der Waals surface area contributed by atoms with E-state index in [1.54, 1.807) is 23.6 Å². The second-order valence-corrected chi connectivity index (χ2v) is 11.6. The molecule has 1 saturated heterocycles. The maximum atomic E-state index is 13.6. The molecular weight excluding hydrogens is 460 g/mol. The lowest BCUT2D eigenvalue weighted by molar-refractivity contribution is -0.117. The van der Waals surface area contributed by atoms with Crippen molar-refractivity contribution in [2.75, 3.05) is 23.4 Å². The molecule has 3 N–H and O–H groups in total. The van der Waals surface area contributed by atoms with E-state index in [0.29, 0.717) is 31.3 Å². The molecule has 2 aromatic carbocycles. The van der Waals surface area contributed by atoms with Crippen molar-refractivity contribution in [3.05, 3.63) is 42.5 Å². The molecule has 0 aromatic heterocycles.